The quantitative estimate of drug-likeness (QED) is 0.528. The van der Waals surface area contributed by atoms with E-state index in [1.165, 1.54) is 0 Å². The van der Waals surface area contributed by atoms with Gasteiger partial charge in [-0.1, -0.05) is 36.4 Å². The molecule has 4 rings (SSSR count). The number of nitriles is 1. The Morgan fingerprint density at radius 2 is 1.66 bits per heavy atom. The number of para-hydroxylation sites is 1. The molecular formula is C28H27N3O4. The molecule has 1 fully saturated rings. The first kappa shape index (κ1) is 23.8. The summed E-state index contributed by atoms with van der Waals surface area (Å²) in [5.74, 6) is 1.00. The molecule has 0 bridgehead atoms. The maximum absolute atomic E-state index is 12.8. The molecule has 0 spiro atoms. The van der Waals surface area contributed by atoms with E-state index in [2.05, 4.69) is 11.4 Å². The van der Waals surface area contributed by atoms with E-state index in [9.17, 15) is 9.59 Å². The third-order valence-corrected chi connectivity index (χ3v) is 5.89. The lowest BCUT2D eigenvalue weighted by Crippen LogP contribution is -2.43. The number of piperidine rings is 1. The summed E-state index contributed by atoms with van der Waals surface area (Å²) >= 11 is 0. The number of hydrogen-bond acceptors (Lipinski definition) is 5. The predicted molar refractivity (Wildman–Crippen MR) is 132 cm³/mol. The first-order valence-electron chi connectivity index (χ1n) is 11.6. The molecule has 1 aliphatic heterocycles. The first-order valence-corrected chi connectivity index (χ1v) is 11.6. The number of carbonyl (C=O) groups is 2. The molecule has 1 saturated heterocycles. The second-order valence-corrected chi connectivity index (χ2v) is 8.37. The molecule has 0 saturated carbocycles. The molecule has 1 heterocycles. The maximum atomic E-state index is 12.8. The summed E-state index contributed by atoms with van der Waals surface area (Å²) < 4.78 is 11.4. The largest absolute Gasteiger partial charge is 0.489 e. The summed E-state index contributed by atoms with van der Waals surface area (Å²) in [6, 6.07) is 25.9. The minimum atomic E-state index is -0.160. The average Bonchev–Trinajstić information content (AvgIpc) is 2.91. The summed E-state index contributed by atoms with van der Waals surface area (Å²) in [4.78, 5) is 27.0. The van der Waals surface area contributed by atoms with Crippen LogP contribution < -0.4 is 14.8 Å². The van der Waals surface area contributed by atoms with Crippen LogP contribution in [-0.2, 0) is 16.2 Å². The molecule has 35 heavy (non-hydrogen) atoms. The van der Waals surface area contributed by atoms with E-state index in [0.717, 1.165) is 5.56 Å². The summed E-state index contributed by atoms with van der Waals surface area (Å²) in [6.07, 6.45) is 1.21. The Morgan fingerprint density at radius 1 is 0.914 bits per heavy atom. The Morgan fingerprint density at radius 3 is 2.43 bits per heavy atom. The minimum absolute atomic E-state index is 0.00548. The van der Waals surface area contributed by atoms with Crippen molar-refractivity contribution in [3.05, 3.63) is 90.0 Å². The number of hydrogen-bond donors (Lipinski definition) is 1. The fourth-order valence-corrected chi connectivity index (χ4v) is 3.95. The van der Waals surface area contributed by atoms with Crippen molar-refractivity contribution in [2.24, 2.45) is 5.92 Å². The van der Waals surface area contributed by atoms with Crippen LogP contribution in [-0.4, -0.2) is 36.4 Å². The molecular weight excluding hydrogens is 442 g/mol. The molecule has 0 unspecified atom stereocenters. The molecule has 7 heteroatoms. The van der Waals surface area contributed by atoms with Crippen LogP contribution in [0.15, 0.2) is 78.9 Å². The van der Waals surface area contributed by atoms with Crippen molar-refractivity contribution >= 4 is 17.5 Å². The summed E-state index contributed by atoms with van der Waals surface area (Å²) in [5.41, 5.74) is 2.14. The molecule has 3 aromatic carbocycles. The van der Waals surface area contributed by atoms with Gasteiger partial charge in [0.25, 0.3) is 5.91 Å². The van der Waals surface area contributed by atoms with E-state index < -0.39 is 0 Å². The normalized spacial score (nSPS) is 13.5. The van der Waals surface area contributed by atoms with Crippen molar-refractivity contribution in [2.75, 3.05) is 25.0 Å². The summed E-state index contributed by atoms with van der Waals surface area (Å²) in [6.45, 7) is 1.38. The zero-order valence-electron chi connectivity index (χ0n) is 19.4. The van der Waals surface area contributed by atoms with Gasteiger partial charge in [-0.2, -0.15) is 5.26 Å². The van der Waals surface area contributed by atoms with Crippen LogP contribution in [0.1, 0.15) is 24.0 Å². The van der Waals surface area contributed by atoms with Gasteiger partial charge in [-0.05, 0) is 54.8 Å². The number of amides is 2. The van der Waals surface area contributed by atoms with Gasteiger partial charge in [0.1, 0.15) is 18.1 Å². The third kappa shape index (κ3) is 6.84. The number of nitrogens with one attached hydrogen (secondary N) is 1. The summed E-state index contributed by atoms with van der Waals surface area (Å²) in [5, 5.41) is 12.0. The van der Waals surface area contributed by atoms with Gasteiger partial charge in [0.05, 0.1) is 11.6 Å². The van der Waals surface area contributed by atoms with Gasteiger partial charge in [0.15, 0.2) is 6.61 Å². The van der Waals surface area contributed by atoms with Gasteiger partial charge in [-0.3, -0.25) is 9.59 Å². The smallest absolute Gasteiger partial charge is 0.260 e. The van der Waals surface area contributed by atoms with Gasteiger partial charge < -0.3 is 19.7 Å². The average molecular weight is 470 g/mol. The highest BCUT2D eigenvalue weighted by molar-refractivity contribution is 5.93. The van der Waals surface area contributed by atoms with Crippen LogP contribution in [0.25, 0.3) is 0 Å². The molecule has 178 valence electrons. The van der Waals surface area contributed by atoms with Crippen molar-refractivity contribution in [1.82, 2.24) is 4.90 Å². The third-order valence-electron chi connectivity index (χ3n) is 5.89. The van der Waals surface area contributed by atoms with E-state index in [1.54, 1.807) is 23.1 Å². The van der Waals surface area contributed by atoms with Crippen molar-refractivity contribution in [1.29, 1.82) is 5.26 Å². The Labute approximate surface area is 204 Å². The van der Waals surface area contributed by atoms with Gasteiger partial charge >= 0.3 is 0 Å². The highest BCUT2D eigenvalue weighted by atomic mass is 16.5. The van der Waals surface area contributed by atoms with Gasteiger partial charge in [0.2, 0.25) is 5.91 Å². The predicted octanol–water partition coefficient (Wildman–Crippen LogP) is 4.39. The van der Waals surface area contributed by atoms with Gasteiger partial charge in [-0.15, -0.1) is 0 Å². The maximum Gasteiger partial charge on any atom is 0.260 e. The van der Waals surface area contributed by atoms with Crippen molar-refractivity contribution < 1.29 is 19.1 Å². The molecule has 1 N–H and O–H groups in total. The molecule has 0 atom stereocenters. The monoisotopic (exact) mass is 469 g/mol. The van der Waals surface area contributed by atoms with Crippen LogP contribution in [0.3, 0.4) is 0 Å². The topological polar surface area (TPSA) is 91.7 Å². The van der Waals surface area contributed by atoms with Crippen molar-refractivity contribution in [2.45, 2.75) is 19.4 Å². The first-order chi connectivity index (χ1) is 17.1. The Balaban J connectivity index is 1.23. The van der Waals surface area contributed by atoms with E-state index >= 15 is 0 Å². The Hall–Kier alpha value is -4.31. The van der Waals surface area contributed by atoms with E-state index in [4.69, 9.17) is 14.7 Å². The minimum Gasteiger partial charge on any atom is -0.489 e. The molecule has 0 radical (unpaired) electrons. The molecule has 0 aliphatic carbocycles. The van der Waals surface area contributed by atoms with Crippen LogP contribution in [0, 0.1) is 17.2 Å². The van der Waals surface area contributed by atoms with Crippen LogP contribution in [0.4, 0.5) is 5.69 Å². The second kappa shape index (κ2) is 11.7. The highest BCUT2D eigenvalue weighted by Gasteiger charge is 2.27. The van der Waals surface area contributed by atoms with Gasteiger partial charge in [-0.25, -0.2) is 0 Å². The lowest BCUT2D eigenvalue weighted by Gasteiger charge is -2.31. The SMILES string of the molecule is N#Cc1cccc(COc2cccc(NC(=O)C3CCN(C(=O)COc4ccccc4)CC3)c2)c1. The number of anilines is 1. The fraction of sp³-hybridized carbons (Fsp3) is 0.250. The fourth-order valence-electron chi connectivity index (χ4n) is 3.95. The van der Waals surface area contributed by atoms with Crippen LogP contribution in [0.5, 0.6) is 11.5 Å². The summed E-state index contributed by atoms with van der Waals surface area (Å²) in [7, 11) is 0. The molecule has 7 nitrogen and oxygen atoms in total. The number of carbonyl (C=O) groups excluding carboxylic acids is 2. The number of benzene rings is 3. The van der Waals surface area contributed by atoms with E-state index in [0.29, 0.717) is 55.3 Å². The Kier molecular flexibility index (Phi) is 7.97. The number of likely N-dealkylation sites (tertiary alicyclic amines) is 1. The zero-order valence-corrected chi connectivity index (χ0v) is 19.4. The van der Waals surface area contributed by atoms with E-state index in [1.807, 2.05) is 60.7 Å². The lowest BCUT2D eigenvalue weighted by atomic mass is 9.95. The Bertz CT molecular complexity index is 1200. The molecule has 2 amide bonds. The number of ether oxygens (including phenoxy) is 2. The second-order valence-electron chi connectivity index (χ2n) is 8.37. The standard InChI is InChI=1S/C28H27N3O4/c29-18-21-6-4-7-22(16-21)19-34-26-11-5-8-24(17-26)30-28(33)23-12-14-31(15-13-23)27(32)20-35-25-9-2-1-3-10-25/h1-11,16-17,23H,12-15,19-20H2,(H,30,33). The van der Waals surface area contributed by atoms with E-state index in [-0.39, 0.29) is 24.3 Å². The lowest BCUT2D eigenvalue weighted by molar-refractivity contribution is -0.136. The molecule has 1 aliphatic rings. The van der Waals surface area contributed by atoms with Crippen LogP contribution >= 0.6 is 0 Å². The number of rotatable bonds is 8. The van der Waals surface area contributed by atoms with Crippen molar-refractivity contribution in [3.63, 3.8) is 0 Å². The zero-order chi connectivity index (χ0) is 24.5. The molecule has 3 aromatic rings. The molecule has 0 aromatic heterocycles. The van der Waals surface area contributed by atoms with Crippen LogP contribution in [0.2, 0.25) is 0 Å². The highest BCUT2D eigenvalue weighted by Crippen LogP contribution is 2.23. The number of nitrogens with zero attached hydrogens (tertiary/aromatic N) is 2. The van der Waals surface area contributed by atoms with Gasteiger partial charge in [0, 0.05) is 30.8 Å². The van der Waals surface area contributed by atoms with Crippen molar-refractivity contribution in [3.8, 4) is 17.6 Å².